The molecule has 0 radical (unpaired) electrons. The van der Waals surface area contributed by atoms with Crippen molar-refractivity contribution in [2.24, 2.45) is 5.41 Å². The Morgan fingerprint density at radius 1 is 0.891 bits per heavy atom. The highest BCUT2D eigenvalue weighted by molar-refractivity contribution is 6.30. The van der Waals surface area contributed by atoms with Gasteiger partial charge in [0.05, 0.1) is 45.3 Å². The van der Waals surface area contributed by atoms with Gasteiger partial charge >= 0.3 is 0 Å². The number of Topliss-reactive ketones (excluding diaryl/α,β-unsaturated/α-hetero) is 1. The van der Waals surface area contributed by atoms with Gasteiger partial charge in [-0.1, -0.05) is 43.6 Å². The first-order chi connectivity index (χ1) is 22.1. The number of ether oxygens (including phenoxy) is 3. The molecule has 3 aromatic carbocycles. The van der Waals surface area contributed by atoms with Crippen molar-refractivity contribution >= 4 is 40.4 Å². The van der Waals surface area contributed by atoms with Crippen LogP contribution in [0.5, 0.6) is 17.2 Å². The average Bonchev–Trinajstić information content (AvgIpc) is 3.17. The third-order valence-corrected chi connectivity index (χ3v) is 9.38. The maximum Gasteiger partial charge on any atom is 0.242 e. The van der Waals surface area contributed by atoms with Crippen LogP contribution in [0.4, 0.5) is 17.1 Å². The Kier molecular flexibility index (Phi) is 8.79. The number of methoxy groups -OCH3 is 3. The van der Waals surface area contributed by atoms with Crippen LogP contribution in [0.25, 0.3) is 0 Å². The number of piperazine rings is 1. The largest absolute Gasteiger partial charge is 0.496 e. The number of anilines is 3. The minimum Gasteiger partial charge on any atom is -0.496 e. The summed E-state index contributed by atoms with van der Waals surface area (Å²) >= 11 is 6.25. The maximum absolute atomic E-state index is 14.2. The van der Waals surface area contributed by atoms with Crippen LogP contribution in [0, 0.1) is 5.41 Å². The third kappa shape index (κ3) is 6.08. The summed E-state index contributed by atoms with van der Waals surface area (Å²) in [5.74, 6) is 1.59. The predicted octanol–water partition coefficient (Wildman–Crippen LogP) is 6.33. The molecule has 46 heavy (non-hydrogen) atoms. The van der Waals surface area contributed by atoms with Gasteiger partial charge in [0.1, 0.15) is 5.75 Å². The molecule has 1 aliphatic carbocycles. The van der Waals surface area contributed by atoms with E-state index in [0.717, 1.165) is 28.3 Å². The fraction of sp³-hybridized carbons (Fsp3) is 0.389. The number of ketones is 1. The van der Waals surface area contributed by atoms with Gasteiger partial charge in [-0.2, -0.15) is 0 Å². The van der Waals surface area contributed by atoms with E-state index in [1.54, 1.807) is 27.4 Å². The number of fused-ring (bicyclic) bond motifs is 1. The highest BCUT2D eigenvalue weighted by Crippen LogP contribution is 2.51. The lowest BCUT2D eigenvalue weighted by Crippen LogP contribution is -2.52. The van der Waals surface area contributed by atoms with Crippen molar-refractivity contribution < 1.29 is 23.8 Å². The van der Waals surface area contributed by atoms with Crippen molar-refractivity contribution in [3.63, 3.8) is 0 Å². The number of carbonyl (C=O) groups is 2. The number of halogens is 1. The number of amides is 1. The molecule has 9 nitrogen and oxygen atoms in total. The normalized spacial score (nSPS) is 19.1. The Bertz CT molecular complexity index is 1680. The smallest absolute Gasteiger partial charge is 0.242 e. The van der Waals surface area contributed by atoms with Crippen molar-refractivity contribution in [2.45, 2.75) is 32.7 Å². The molecule has 2 heterocycles. The van der Waals surface area contributed by atoms with E-state index in [1.807, 2.05) is 59.5 Å². The molecule has 1 atom stereocenters. The first-order valence-corrected chi connectivity index (χ1v) is 16.0. The molecule has 3 aromatic rings. The molecule has 3 aliphatic rings. The molecule has 1 amide bonds. The van der Waals surface area contributed by atoms with Gasteiger partial charge in [0.25, 0.3) is 0 Å². The molecular formula is C36H41ClN4O5. The number of hydrogen-bond acceptors (Lipinski definition) is 8. The fourth-order valence-corrected chi connectivity index (χ4v) is 7.13. The Hall–Kier alpha value is -4.37. The van der Waals surface area contributed by atoms with Gasteiger partial charge in [-0.25, -0.2) is 0 Å². The van der Waals surface area contributed by atoms with Crippen molar-refractivity contribution in [2.75, 3.05) is 69.2 Å². The summed E-state index contributed by atoms with van der Waals surface area (Å²) in [6, 6.07) is 18.8. The molecule has 1 saturated heterocycles. The predicted molar refractivity (Wildman–Crippen MR) is 182 cm³/mol. The van der Waals surface area contributed by atoms with Gasteiger partial charge in [-0.15, -0.1) is 0 Å². The number of nitrogens with zero attached hydrogens (tertiary/aromatic N) is 3. The van der Waals surface area contributed by atoms with Crippen molar-refractivity contribution in [3.8, 4) is 17.2 Å². The molecule has 0 bridgehead atoms. The fourth-order valence-electron chi connectivity index (χ4n) is 6.95. The highest BCUT2D eigenvalue weighted by atomic mass is 35.5. The maximum atomic E-state index is 14.2. The summed E-state index contributed by atoms with van der Waals surface area (Å²) in [6.45, 7) is 6.83. The zero-order valence-electron chi connectivity index (χ0n) is 27.1. The van der Waals surface area contributed by atoms with E-state index in [9.17, 15) is 9.59 Å². The van der Waals surface area contributed by atoms with Gasteiger partial charge in [0, 0.05) is 66.2 Å². The van der Waals surface area contributed by atoms with E-state index < -0.39 is 6.04 Å². The quantitative estimate of drug-likeness (QED) is 0.320. The number of carbonyl (C=O) groups excluding carboxylic acids is 2. The highest BCUT2D eigenvalue weighted by Gasteiger charge is 2.43. The Labute approximate surface area is 275 Å². The molecule has 1 N–H and O–H groups in total. The summed E-state index contributed by atoms with van der Waals surface area (Å²) < 4.78 is 17.2. The van der Waals surface area contributed by atoms with E-state index in [0.29, 0.717) is 66.9 Å². The Morgan fingerprint density at radius 3 is 2.28 bits per heavy atom. The number of hydrogen-bond donors (Lipinski definition) is 1. The van der Waals surface area contributed by atoms with Crippen LogP contribution in [-0.2, 0) is 9.59 Å². The lowest BCUT2D eigenvalue weighted by Gasteiger charge is -2.40. The van der Waals surface area contributed by atoms with Crippen LogP contribution in [0.2, 0.25) is 5.02 Å². The molecule has 0 spiro atoms. The van der Waals surface area contributed by atoms with E-state index in [2.05, 4.69) is 29.0 Å². The molecule has 10 heteroatoms. The lowest BCUT2D eigenvalue weighted by atomic mass is 9.73. The van der Waals surface area contributed by atoms with Gasteiger partial charge in [0.2, 0.25) is 5.91 Å². The Balaban J connectivity index is 1.42. The summed E-state index contributed by atoms with van der Waals surface area (Å²) in [7, 11) is 4.76. The average molecular weight is 645 g/mol. The van der Waals surface area contributed by atoms with Crippen LogP contribution < -0.4 is 29.3 Å². The molecular weight excluding hydrogens is 604 g/mol. The first kappa shape index (κ1) is 31.6. The molecule has 1 unspecified atom stereocenters. The standard InChI is InChI=1S/C36H41ClN4O5/c1-36(2)20-27-34(29(42)21-36)35(25-18-31(45-4)32(46-5)19-30(25)44-3)41(28-12-7-6-11-26(28)38-27)22-33(43)40-15-13-39(14-16-40)24-10-8-9-23(37)17-24/h6-12,17-19,35,38H,13-16,20-22H2,1-5H3. The monoisotopic (exact) mass is 644 g/mol. The third-order valence-electron chi connectivity index (χ3n) is 9.15. The zero-order valence-corrected chi connectivity index (χ0v) is 27.8. The van der Waals surface area contributed by atoms with Gasteiger partial charge in [-0.3, -0.25) is 9.59 Å². The van der Waals surface area contributed by atoms with Crippen LogP contribution >= 0.6 is 11.6 Å². The molecule has 6 rings (SSSR count). The lowest BCUT2D eigenvalue weighted by molar-refractivity contribution is -0.130. The number of allylic oxidation sites excluding steroid dienone is 1. The number of nitrogens with one attached hydrogen (secondary N) is 1. The van der Waals surface area contributed by atoms with E-state index in [4.69, 9.17) is 25.8 Å². The zero-order chi connectivity index (χ0) is 32.6. The van der Waals surface area contributed by atoms with Gasteiger partial charge < -0.3 is 34.2 Å². The van der Waals surface area contributed by atoms with Crippen molar-refractivity contribution in [1.82, 2.24) is 4.90 Å². The molecule has 2 aliphatic heterocycles. The number of para-hydroxylation sites is 2. The van der Waals surface area contributed by atoms with Gasteiger partial charge in [0.15, 0.2) is 17.3 Å². The first-order valence-electron chi connectivity index (χ1n) is 15.6. The van der Waals surface area contributed by atoms with Crippen LogP contribution in [-0.4, -0.2) is 70.6 Å². The summed E-state index contributed by atoms with van der Waals surface area (Å²) in [5, 5.41) is 4.32. The molecule has 242 valence electrons. The van der Waals surface area contributed by atoms with E-state index in [1.165, 1.54) is 0 Å². The second-order valence-electron chi connectivity index (χ2n) is 12.8. The topological polar surface area (TPSA) is 83.6 Å². The summed E-state index contributed by atoms with van der Waals surface area (Å²) in [6.07, 6.45) is 1.07. The molecule has 1 fully saturated rings. The van der Waals surface area contributed by atoms with Crippen LogP contribution in [0.3, 0.4) is 0 Å². The van der Waals surface area contributed by atoms with Gasteiger partial charge in [-0.05, 0) is 48.2 Å². The number of rotatable bonds is 7. The second kappa shape index (κ2) is 12.8. The second-order valence-corrected chi connectivity index (χ2v) is 13.2. The van der Waals surface area contributed by atoms with E-state index >= 15 is 0 Å². The summed E-state index contributed by atoms with van der Waals surface area (Å²) in [5.41, 5.74) is 4.72. The minimum atomic E-state index is -0.624. The van der Waals surface area contributed by atoms with E-state index in [-0.39, 0.29) is 23.7 Å². The van der Waals surface area contributed by atoms with Crippen molar-refractivity contribution in [1.29, 1.82) is 0 Å². The number of benzene rings is 3. The SMILES string of the molecule is COc1cc(OC)c(C2C3=C(CC(C)(C)CC3=O)Nc3ccccc3N2CC(=O)N2CCN(c3cccc(Cl)c3)CC2)cc1OC. The molecule has 0 saturated carbocycles. The van der Waals surface area contributed by atoms with Crippen LogP contribution in [0.15, 0.2) is 71.9 Å². The van der Waals surface area contributed by atoms with Crippen LogP contribution in [0.1, 0.15) is 38.3 Å². The summed E-state index contributed by atoms with van der Waals surface area (Å²) in [4.78, 5) is 34.6. The van der Waals surface area contributed by atoms with Crippen molar-refractivity contribution in [3.05, 3.63) is 82.5 Å². The minimum absolute atomic E-state index is 0.0161. The molecule has 0 aromatic heterocycles. The Morgan fingerprint density at radius 2 is 1.59 bits per heavy atom.